The quantitative estimate of drug-likeness (QED) is 0.678. The number of esters is 1. The molecule has 3 aliphatic heterocycles. The van der Waals surface area contributed by atoms with E-state index in [4.69, 9.17) is 18.9 Å². The van der Waals surface area contributed by atoms with Gasteiger partial charge in [0.25, 0.3) is 0 Å². The molecule has 3 fully saturated rings. The molecule has 31 heavy (non-hydrogen) atoms. The van der Waals surface area contributed by atoms with E-state index in [0.717, 1.165) is 44.7 Å². The van der Waals surface area contributed by atoms with Crippen molar-refractivity contribution < 1.29 is 28.5 Å². The van der Waals surface area contributed by atoms with E-state index in [1.165, 1.54) is 7.11 Å². The molecule has 0 atom stereocenters. The van der Waals surface area contributed by atoms with Gasteiger partial charge in [-0.25, -0.2) is 9.59 Å². The van der Waals surface area contributed by atoms with Crippen molar-refractivity contribution >= 4 is 17.7 Å². The Morgan fingerprint density at radius 1 is 1.10 bits per heavy atom. The molecule has 8 nitrogen and oxygen atoms in total. The molecule has 3 aliphatic rings. The zero-order valence-corrected chi connectivity index (χ0v) is 18.8. The van der Waals surface area contributed by atoms with Crippen molar-refractivity contribution in [2.75, 3.05) is 51.4 Å². The number of hydrogen-bond acceptors (Lipinski definition) is 7. The van der Waals surface area contributed by atoms with Crippen LogP contribution in [0, 0.1) is 5.41 Å². The molecule has 0 N–H and O–H groups in total. The van der Waals surface area contributed by atoms with Gasteiger partial charge in [-0.15, -0.1) is 0 Å². The van der Waals surface area contributed by atoms with Crippen LogP contribution in [0.15, 0.2) is 18.2 Å². The molecule has 0 radical (unpaired) electrons. The SMILES string of the molecule is COC(=O)c1ccc(N2CC3(CCN(C(=O)OC(C)(C)C)CC3)C2)cc1C1OCCO1. The number of likely N-dealkylation sites (tertiary alicyclic amines) is 1. The number of methoxy groups -OCH3 is 1. The van der Waals surface area contributed by atoms with Crippen LogP contribution in [-0.4, -0.2) is 69.1 Å². The van der Waals surface area contributed by atoms with Crippen LogP contribution >= 0.6 is 0 Å². The fourth-order valence-corrected chi connectivity index (χ4v) is 4.53. The second-order valence-electron chi connectivity index (χ2n) is 9.66. The number of nitrogens with zero attached hydrogens (tertiary/aromatic N) is 2. The summed E-state index contributed by atoms with van der Waals surface area (Å²) in [4.78, 5) is 28.6. The molecular weight excluding hydrogens is 400 g/mol. The zero-order valence-electron chi connectivity index (χ0n) is 18.8. The van der Waals surface area contributed by atoms with Crippen LogP contribution in [0.2, 0.25) is 0 Å². The summed E-state index contributed by atoms with van der Waals surface area (Å²) >= 11 is 0. The second-order valence-corrected chi connectivity index (χ2v) is 9.66. The van der Waals surface area contributed by atoms with Crippen molar-refractivity contribution in [3.63, 3.8) is 0 Å². The van der Waals surface area contributed by atoms with Crippen LogP contribution in [0.25, 0.3) is 0 Å². The van der Waals surface area contributed by atoms with E-state index in [2.05, 4.69) is 4.90 Å². The summed E-state index contributed by atoms with van der Waals surface area (Å²) in [6, 6.07) is 5.72. The number of carbonyl (C=O) groups is 2. The van der Waals surface area contributed by atoms with Gasteiger partial charge >= 0.3 is 12.1 Å². The van der Waals surface area contributed by atoms with Crippen molar-refractivity contribution in [2.45, 2.75) is 45.5 Å². The van der Waals surface area contributed by atoms with E-state index in [1.54, 1.807) is 6.07 Å². The first-order valence-electron chi connectivity index (χ1n) is 10.9. The number of piperidine rings is 1. The van der Waals surface area contributed by atoms with E-state index in [9.17, 15) is 9.59 Å². The average molecular weight is 433 g/mol. The normalized spacial score (nSPS) is 21.2. The van der Waals surface area contributed by atoms with Crippen LogP contribution in [0.1, 0.15) is 55.8 Å². The summed E-state index contributed by atoms with van der Waals surface area (Å²) < 4.78 is 21.7. The highest BCUT2D eigenvalue weighted by atomic mass is 16.7. The lowest BCUT2D eigenvalue weighted by Gasteiger charge is -2.55. The minimum Gasteiger partial charge on any atom is -0.465 e. The number of rotatable bonds is 3. The predicted molar refractivity (Wildman–Crippen MR) is 114 cm³/mol. The maximum atomic E-state index is 12.3. The van der Waals surface area contributed by atoms with Gasteiger partial charge in [-0.2, -0.15) is 0 Å². The number of carbonyl (C=O) groups excluding carboxylic acids is 2. The van der Waals surface area contributed by atoms with Crippen LogP contribution < -0.4 is 4.90 Å². The molecule has 0 aromatic heterocycles. The van der Waals surface area contributed by atoms with Gasteiger partial charge in [0.15, 0.2) is 6.29 Å². The highest BCUT2D eigenvalue weighted by molar-refractivity contribution is 5.91. The lowest BCUT2D eigenvalue weighted by Crippen LogP contribution is -2.61. The van der Waals surface area contributed by atoms with Crippen molar-refractivity contribution in [1.82, 2.24) is 4.90 Å². The molecular formula is C23H32N2O6. The third kappa shape index (κ3) is 4.65. The van der Waals surface area contributed by atoms with E-state index in [0.29, 0.717) is 24.3 Å². The Morgan fingerprint density at radius 3 is 2.32 bits per heavy atom. The molecule has 0 aliphatic carbocycles. The zero-order chi connectivity index (χ0) is 22.2. The van der Waals surface area contributed by atoms with Gasteiger partial charge in [0.2, 0.25) is 0 Å². The summed E-state index contributed by atoms with van der Waals surface area (Å²) in [7, 11) is 1.37. The van der Waals surface area contributed by atoms with Crippen LogP contribution in [0.3, 0.4) is 0 Å². The summed E-state index contributed by atoms with van der Waals surface area (Å²) in [5, 5.41) is 0. The second kappa shape index (κ2) is 8.31. The Bertz CT molecular complexity index is 827. The number of hydrogen-bond donors (Lipinski definition) is 0. The molecule has 4 rings (SSSR count). The molecule has 1 amide bonds. The Kier molecular flexibility index (Phi) is 5.87. The lowest BCUT2D eigenvalue weighted by molar-refractivity contribution is -0.0448. The number of amides is 1. The Morgan fingerprint density at radius 2 is 1.74 bits per heavy atom. The lowest BCUT2D eigenvalue weighted by atomic mass is 9.71. The highest BCUT2D eigenvalue weighted by Gasteiger charge is 2.46. The minimum atomic E-state index is -0.540. The maximum absolute atomic E-state index is 12.3. The van der Waals surface area contributed by atoms with E-state index >= 15 is 0 Å². The van der Waals surface area contributed by atoms with Crippen LogP contribution in [-0.2, 0) is 18.9 Å². The van der Waals surface area contributed by atoms with Gasteiger partial charge in [0.1, 0.15) is 5.60 Å². The summed E-state index contributed by atoms with van der Waals surface area (Å²) in [5.74, 6) is -0.393. The van der Waals surface area contributed by atoms with E-state index < -0.39 is 17.9 Å². The molecule has 1 aromatic rings. The summed E-state index contributed by atoms with van der Waals surface area (Å²) in [6.45, 7) is 9.99. The largest absolute Gasteiger partial charge is 0.465 e. The molecule has 0 bridgehead atoms. The van der Waals surface area contributed by atoms with Gasteiger partial charge in [-0.1, -0.05) is 0 Å². The van der Waals surface area contributed by atoms with Gasteiger partial charge in [0, 0.05) is 42.8 Å². The van der Waals surface area contributed by atoms with Gasteiger partial charge in [-0.05, 0) is 51.8 Å². The van der Waals surface area contributed by atoms with Crippen molar-refractivity contribution in [1.29, 1.82) is 0 Å². The van der Waals surface area contributed by atoms with E-state index in [1.807, 2.05) is 37.8 Å². The Labute approximate surface area is 183 Å². The van der Waals surface area contributed by atoms with Crippen molar-refractivity contribution in [3.8, 4) is 0 Å². The standard InChI is InChI=1S/C23H32N2O6/c1-22(2,3)31-21(27)24-9-7-23(8-10-24)14-25(15-23)16-5-6-17(19(26)28-4)18(13-16)20-29-11-12-30-20/h5-6,13,20H,7-12,14-15H2,1-4H3. The fraction of sp³-hybridized carbons (Fsp3) is 0.652. The van der Waals surface area contributed by atoms with Crippen molar-refractivity contribution in [2.24, 2.45) is 5.41 Å². The Balaban J connectivity index is 1.39. The molecule has 1 spiro atoms. The van der Waals surface area contributed by atoms with Crippen molar-refractivity contribution in [3.05, 3.63) is 29.3 Å². The number of ether oxygens (including phenoxy) is 4. The first-order chi connectivity index (χ1) is 14.7. The predicted octanol–water partition coefficient (Wildman–Crippen LogP) is 3.36. The molecule has 0 saturated carbocycles. The molecule has 1 aromatic carbocycles. The fourth-order valence-electron chi connectivity index (χ4n) is 4.53. The smallest absolute Gasteiger partial charge is 0.410 e. The monoisotopic (exact) mass is 432 g/mol. The summed E-state index contributed by atoms with van der Waals surface area (Å²) in [6.07, 6.45) is 1.16. The minimum absolute atomic E-state index is 0.222. The number of anilines is 1. The van der Waals surface area contributed by atoms with Gasteiger partial charge < -0.3 is 28.7 Å². The van der Waals surface area contributed by atoms with Gasteiger partial charge in [0.05, 0.1) is 25.9 Å². The van der Waals surface area contributed by atoms with Crippen LogP contribution in [0.5, 0.6) is 0 Å². The first-order valence-corrected chi connectivity index (χ1v) is 10.9. The molecule has 0 unspecified atom stereocenters. The first kappa shape index (κ1) is 21.9. The Hall–Kier alpha value is -2.32. The summed E-state index contributed by atoms with van der Waals surface area (Å²) in [5.41, 5.74) is 1.98. The topological polar surface area (TPSA) is 77.5 Å². The molecule has 3 saturated heterocycles. The molecule has 170 valence electrons. The van der Waals surface area contributed by atoms with E-state index in [-0.39, 0.29) is 11.5 Å². The highest BCUT2D eigenvalue weighted by Crippen LogP contribution is 2.43. The average Bonchev–Trinajstić information content (AvgIpc) is 3.24. The van der Waals surface area contributed by atoms with Gasteiger partial charge in [-0.3, -0.25) is 0 Å². The third-order valence-electron chi connectivity index (χ3n) is 6.21. The third-order valence-corrected chi connectivity index (χ3v) is 6.21. The number of benzene rings is 1. The maximum Gasteiger partial charge on any atom is 0.410 e. The molecule has 3 heterocycles. The van der Waals surface area contributed by atoms with Crippen LogP contribution in [0.4, 0.5) is 10.5 Å². The molecule has 8 heteroatoms.